The third kappa shape index (κ3) is 3.79. The molecule has 1 atom stereocenters. The second-order valence-electron chi connectivity index (χ2n) is 6.73. The summed E-state index contributed by atoms with van der Waals surface area (Å²) in [7, 11) is 1.35. The molecule has 0 aromatic heterocycles. The molecule has 3 rings (SSSR count). The van der Waals surface area contributed by atoms with Gasteiger partial charge in [-0.3, -0.25) is 4.79 Å². The van der Waals surface area contributed by atoms with Crippen LogP contribution in [0.15, 0.2) is 48.5 Å². The van der Waals surface area contributed by atoms with Crippen LogP contribution in [0.1, 0.15) is 51.6 Å². The molecule has 0 aliphatic heterocycles. The van der Waals surface area contributed by atoms with E-state index >= 15 is 0 Å². The Morgan fingerprint density at radius 1 is 1.04 bits per heavy atom. The highest BCUT2D eigenvalue weighted by Crippen LogP contribution is 2.26. The first-order valence-electron chi connectivity index (χ1n) is 9.20. The van der Waals surface area contributed by atoms with Crippen molar-refractivity contribution < 1.29 is 14.3 Å². The van der Waals surface area contributed by atoms with Crippen LogP contribution in [-0.4, -0.2) is 36.5 Å². The molecule has 0 radical (unpaired) electrons. The van der Waals surface area contributed by atoms with E-state index in [0.29, 0.717) is 11.1 Å². The van der Waals surface area contributed by atoms with Crippen LogP contribution in [0.2, 0.25) is 0 Å². The Bertz CT molecular complexity index is 782. The van der Waals surface area contributed by atoms with Gasteiger partial charge in [0.15, 0.2) is 0 Å². The van der Waals surface area contributed by atoms with Gasteiger partial charge in [-0.1, -0.05) is 31.2 Å². The molecular formula is C22H25NO3. The van der Waals surface area contributed by atoms with Gasteiger partial charge < -0.3 is 9.64 Å². The standard InChI is InChI=1S/C22H25NO3/c1-3-14-23(20-13-12-16-6-4-5-7-19(16)15-20)21(24)17-8-10-18(11-9-17)22(25)26-2/h4-11,20H,3,12-15H2,1-2H3. The molecule has 26 heavy (non-hydrogen) atoms. The van der Waals surface area contributed by atoms with Crippen LogP contribution in [-0.2, 0) is 17.6 Å². The number of fused-ring (bicyclic) bond motifs is 1. The van der Waals surface area contributed by atoms with Gasteiger partial charge in [0.25, 0.3) is 5.91 Å². The number of carbonyl (C=O) groups excluding carboxylic acids is 2. The van der Waals surface area contributed by atoms with Crippen LogP contribution in [0, 0.1) is 0 Å². The molecule has 0 bridgehead atoms. The van der Waals surface area contributed by atoms with E-state index in [1.807, 2.05) is 4.90 Å². The number of methoxy groups -OCH3 is 1. The third-order valence-corrected chi connectivity index (χ3v) is 5.04. The molecular weight excluding hydrogens is 326 g/mol. The highest BCUT2D eigenvalue weighted by atomic mass is 16.5. The minimum Gasteiger partial charge on any atom is -0.465 e. The fourth-order valence-corrected chi connectivity index (χ4v) is 3.67. The number of nitrogens with zero attached hydrogens (tertiary/aromatic N) is 1. The van der Waals surface area contributed by atoms with Crippen LogP contribution in [0.3, 0.4) is 0 Å². The van der Waals surface area contributed by atoms with E-state index < -0.39 is 5.97 Å². The maximum atomic E-state index is 13.1. The first kappa shape index (κ1) is 18.2. The lowest BCUT2D eigenvalue weighted by Crippen LogP contribution is -2.43. The molecule has 4 heteroatoms. The van der Waals surface area contributed by atoms with Gasteiger partial charge in [-0.05, 0) is 61.1 Å². The topological polar surface area (TPSA) is 46.6 Å². The summed E-state index contributed by atoms with van der Waals surface area (Å²) < 4.78 is 4.72. The maximum absolute atomic E-state index is 13.1. The monoisotopic (exact) mass is 351 g/mol. The van der Waals surface area contributed by atoms with Gasteiger partial charge in [0, 0.05) is 18.2 Å². The van der Waals surface area contributed by atoms with Crippen LogP contribution in [0.4, 0.5) is 0 Å². The van der Waals surface area contributed by atoms with Crippen molar-refractivity contribution in [3.63, 3.8) is 0 Å². The average molecular weight is 351 g/mol. The smallest absolute Gasteiger partial charge is 0.337 e. The van der Waals surface area contributed by atoms with E-state index in [1.165, 1.54) is 18.2 Å². The largest absolute Gasteiger partial charge is 0.465 e. The average Bonchev–Trinajstić information content (AvgIpc) is 2.70. The third-order valence-electron chi connectivity index (χ3n) is 5.04. The van der Waals surface area contributed by atoms with Crippen molar-refractivity contribution in [2.45, 2.75) is 38.6 Å². The van der Waals surface area contributed by atoms with Crippen molar-refractivity contribution in [2.24, 2.45) is 0 Å². The van der Waals surface area contributed by atoms with Crippen molar-refractivity contribution >= 4 is 11.9 Å². The van der Waals surface area contributed by atoms with E-state index in [-0.39, 0.29) is 11.9 Å². The van der Waals surface area contributed by atoms with Crippen molar-refractivity contribution in [1.29, 1.82) is 0 Å². The fourth-order valence-electron chi connectivity index (χ4n) is 3.67. The highest BCUT2D eigenvalue weighted by molar-refractivity contribution is 5.96. The van der Waals surface area contributed by atoms with Crippen LogP contribution < -0.4 is 0 Å². The zero-order chi connectivity index (χ0) is 18.5. The summed E-state index contributed by atoms with van der Waals surface area (Å²) in [5.74, 6) is -0.356. The molecule has 136 valence electrons. The molecule has 0 saturated heterocycles. The van der Waals surface area contributed by atoms with E-state index in [1.54, 1.807) is 24.3 Å². The number of hydrogen-bond donors (Lipinski definition) is 0. The Kier molecular flexibility index (Phi) is 5.71. The van der Waals surface area contributed by atoms with Gasteiger partial charge in [-0.15, -0.1) is 0 Å². The maximum Gasteiger partial charge on any atom is 0.337 e. The Balaban J connectivity index is 1.79. The Morgan fingerprint density at radius 3 is 2.35 bits per heavy atom. The minimum atomic E-state index is -0.390. The second kappa shape index (κ2) is 8.17. The van der Waals surface area contributed by atoms with Gasteiger partial charge in [0.2, 0.25) is 0 Å². The molecule has 0 fully saturated rings. The number of benzene rings is 2. The minimum absolute atomic E-state index is 0.0349. The molecule has 2 aromatic carbocycles. The molecule has 4 nitrogen and oxygen atoms in total. The fraction of sp³-hybridized carbons (Fsp3) is 0.364. The number of esters is 1. The molecule has 1 unspecified atom stereocenters. The van der Waals surface area contributed by atoms with Crippen LogP contribution in [0.5, 0.6) is 0 Å². The predicted octanol–water partition coefficient (Wildman–Crippen LogP) is 3.88. The van der Waals surface area contributed by atoms with Crippen molar-refractivity contribution in [3.05, 3.63) is 70.8 Å². The summed E-state index contributed by atoms with van der Waals surface area (Å²) in [5.41, 5.74) is 3.82. The van der Waals surface area contributed by atoms with Crippen molar-refractivity contribution in [3.8, 4) is 0 Å². The normalized spacial score (nSPS) is 15.8. The lowest BCUT2D eigenvalue weighted by molar-refractivity contribution is 0.0598. The van der Waals surface area contributed by atoms with Gasteiger partial charge in [-0.2, -0.15) is 0 Å². The number of aryl methyl sites for hydroxylation is 1. The number of amides is 1. The molecule has 0 N–H and O–H groups in total. The number of hydrogen-bond acceptors (Lipinski definition) is 3. The highest BCUT2D eigenvalue weighted by Gasteiger charge is 2.27. The van der Waals surface area contributed by atoms with Crippen LogP contribution in [0.25, 0.3) is 0 Å². The number of carbonyl (C=O) groups is 2. The van der Waals surface area contributed by atoms with Gasteiger partial charge >= 0.3 is 5.97 Å². The van der Waals surface area contributed by atoms with E-state index in [0.717, 1.165) is 32.2 Å². The quantitative estimate of drug-likeness (QED) is 0.768. The van der Waals surface area contributed by atoms with Gasteiger partial charge in [-0.25, -0.2) is 4.79 Å². The molecule has 1 aliphatic rings. The van der Waals surface area contributed by atoms with E-state index in [4.69, 9.17) is 4.74 Å². The molecule has 0 spiro atoms. The predicted molar refractivity (Wildman–Crippen MR) is 101 cm³/mol. The SMILES string of the molecule is CCCN(C(=O)c1ccc(C(=O)OC)cc1)C1CCc2ccccc2C1. The summed E-state index contributed by atoms with van der Waals surface area (Å²) in [5, 5.41) is 0. The first-order chi connectivity index (χ1) is 12.6. The summed E-state index contributed by atoms with van der Waals surface area (Å²) in [6, 6.07) is 15.5. The number of ether oxygens (including phenoxy) is 1. The Hall–Kier alpha value is -2.62. The summed E-state index contributed by atoms with van der Waals surface area (Å²) in [6.45, 7) is 2.84. The van der Waals surface area contributed by atoms with Crippen molar-refractivity contribution in [2.75, 3.05) is 13.7 Å². The summed E-state index contributed by atoms with van der Waals surface area (Å²) >= 11 is 0. The molecule has 1 aliphatic carbocycles. The number of rotatable bonds is 5. The lowest BCUT2D eigenvalue weighted by Gasteiger charge is -2.35. The zero-order valence-electron chi connectivity index (χ0n) is 15.4. The second-order valence-corrected chi connectivity index (χ2v) is 6.73. The van der Waals surface area contributed by atoms with E-state index in [2.05, 4.69) is 31.2 Å². The van der Waals surface area contributed by atoms with Crippen LogP contribution >= 0.6 is 0 Å². The molecule has 0 heterocycles. The first-order valence-corrected chi connectivity index (χ1v) is 9.20. The van der Waals surface area contributed by atoms with Gasteiger partial charge in [0.1, 0.15) is 0 Å². The Labute approximate surface area is 154 Å². The molecule has 0 saturated carbocycles. The van der Waals surface area contributed by atoms with Crippen molar-refractivity contribution in [1.82, 2.24) is 4.90 Å². The summed E-state index contributed by atoms with van der Waals surface area (Å²) in [6.07, 6.45) is 3.82. The van der Waals surface area contributed by atoms with Gasteiger partial charge in [0.05, 0.1) is 12.7 Å². The summed E-state index contributed by atoms with van der Waals surface area (Å²) in [4.78, 5) is 26.7. The molecule has 2 aromatic rings. The zero-order valence-corrected chi connectivity index (χ0v) is 15.4. The lowest BCUT2D eigenvalue weighted by atomic mass is 9.87. The Morgan fingerprint density at radius 2 is 1.69 bits per heavy atom. The molecule has 1 amide bonds. The van der Waals surface area contributed by atoms with E-state index in [9.17, 15) is 9.59 Å².